The van der Waals surface area contributed by atoms with Gasteiger partial charge in [0.05, 0.1) is 10.6 Å². The van der Waals surface area contributed by atoms with Crippen molar-refractivity contribution >= 4 is 21.6 Å². The highest BCUT2D eigenvalue weighted by Gasteiger charge is 2.15. The number of anilines is 2. The van der Waals surface area contributed by atoms with Gasteiger partial charge in [-0.1, -0.05) is 6.08 Å². The van der Waals surface area contributed by atoms with Crippen LogP contribution in [0, 0.1) is 12.7 Å². The molecule has 1 aromatic carbocycles. The summed E-state index contributed by atoms with van der Waals surface area (Å²) in [5.41, 5.74) is 7.18. The third kappa shape index (κ3) is 4.29. The molecule has 128 valence electrons. The minimum atomic E-state index is -3.52. The van der Waals surface area contributed by atoms with Gasteiger partial charge in [0, 0.05) is 17.8 Å². The highest BCUT2D eigenvalue weighted by molar-refractivity contribution is 7.91. The molecule has 24 heavy (non-hydrogen) atoms. The zero-order valence-corrected chi connectivity index (χ0v) is 14.1. The molecule has 0 amide bonds. The number of hydrogen-bond donors (Lipinski definition) is 2. The predicted octanol–water partition coefficient (Wildman–Crippen LogP) is 2.12. The van der Waals surface area contributed by atoms with Crippen LogP contribution in [0.3, 0.4) is 0 Å². The van der Waals surface area contributed by atoms with E-state index in [2.05, 4.69) is 21.9 Å². The lowest BCUT2D eigenvalue weighted by Crippen LogP contribution is -2.18. The van der Waals surface area contributed by atoms with Crippen LogP contribution in [0.2, 0.25) is 0 Å². The summed E-state index contributed by atoms with van der Waals surface area (Å²) in [7, 11) is -3.52. The van der Waals surface area contributed by atoms with Gasteiger partial charge < -0.3 is 11.1 Å². The van der Waals surface area contributed by atoms with Crippen LogP contribution in [-0.2, 0) is 16.3 Å². The molecule has 3 N–H and O–H groups in total. The normalized spacial score (nSPS) is 11.2. The number of nitrogens with zero attached hydrogens (tertiary/aromatic N) is 2. The molecule has 2 aromatic rings. The maximum Gasteiger partial charge on any atom is 0.222 e. The first kappa shape index (κ1) is 17.9. The molecule has 0 fully saturated rings. The van der Waals surface area contributed by atoms with Crippen LogP contribution in [0.1, 0.15) is 11.3 Å². The Morgan fingerprint density at radius 3 is 2.58 bits per heavy atom. The second-order valence-corrected chi connectivity index (χ2v) is 7.30. The Labute approximate surface area is 140 Å². The highest BCUT2D eigenvalue weighted by Crippen LogP contribution is 2.18. The van der Waals surface area contributed by atoms with Crippen molar-refractivity contribution in [1.29, 1.82) is 0 Å². The topological polar surface area (TPSA) is 98.0 Å². The van der Waals surface area contributed by atoms with Gasteiger partial charge in [0.1, 0.15) is 11.6 Å². The fourth-order valence-electron chi connectivity index (χ4n) is 2.22. The first-order chi connectivity index (χ1) is 11.3. The smallest absolute Gasteiger partial charge is 0.222 e. The van der Waals surface area contributed by atoms with Gasteiger partial charge in [-0.05, 0) is 37.6 Å². The van der Waals surface area contributed by atoms with E-state index in [0.717, 1.165) is 17.7 Å². The summed E-state index contributed by atoms with van der Waals surface area (Å²) >= 11 is 0. The molecule has 0 saturated carbocycles. The molecule has 0 aliphatic rings. The highest BCUT2D eigenvalue weighted by atomic mass is 32.2. The van der Waals surface area contributed by atoms with Crippen molar-refractivity contribution in [1.82, 2.24) is 9.97 Å². The molecule has 0 aliphatic carbocycles. The van der Waals surface area contributed by atoms with E-state index in [-0.39, 0.29) is 23.1 Å². The first-order valence-corrected chi connectivity index (χ1v) is 8.95. The van der Waals surface area contributed by atoms with Crippen LogP contribution in [-0.4, -0.2) is 30.7 Å². The lowest BCUT2D eigenvalue weighted by Gasteiger charge is -2.13. The number of benzene rings is 1. The molecule has 0 spiro atoms. The molecule has 0 atom stereocenters. The maximum atomic E-state index is 12.9. The number of hydrogen-bond acceptors (Lipinski definition) is 6. The lowest BCUT2D eigenvalue weighted by atomic mass is 10.1. The Kier molecular flexibility index (Phi) is 5.50. The summed E-state index contributed by atoms with van der Waals surface area (Å²) in [5.74, 6) is -0.0266. The van der Waals surface area contributed by atoms with E-state index in [0.29, 0.717) is 17.9 Å². The van der Waals surface area contributed by atoms with Crippen molar-refractivity contribution in [2.45, 2.75) is 18.2 Å². The van der Waals surface area contributed by atoms with Crippen LogP contribution >= 0.6 is 0 Å². The number of sulfone groups is 1. The van der Waals surface area contributed by atoms with Crippen LogP contribution in [0.25, 0.3) is 0 Å². The number of allylic oxidation sites excluding steroid dienone is 1. The fourth-order valence-corrected chi connectivity index (χ4v) is 3.37. The minimum Gasteiger partial charge on any atom is -0.369 e. The molecule has 0 aliphatic heterocycles. The largest absolute Gasteiger partial charge is 0.369 e. The summed E-state index contributed by atoms with van der Waals surface area (Å²) in [6.07, 6.45) is 2.25. The van der Waals surface area contributed by atoms with Crippen molar-refractivity contribution in [3.8, 4) is 0 Å². The molecule has 1 heterocycles. The second kappa shape index (κ2) is 7.39. The van der Waals surface area contributed by atoms with Gasteiger partial charge in [0.15, 0.2) is 9.84 Å². The van der Waals surface area contributed by atoms with Crippen molar-refractivity contribution in [2.75, 3.05) is 23.3 Å². The second-order valence-electron chi connectivity index (χ2n) is 5.19. The van der Waals surface area contributed by atoms with Gasteiger partial charge >= 0.3 is 0 Å². The number of halogens is 1. The Morgan fingerprint density at radius 2 is 1.96 bits per heavy atom. The number of nitrogen functional groups attached to an aromatic ring is 1. The number of aryl methyl sites for hydroxylation is 1. The van der Waals surface area contributed by atoms with Crippen LogP contribution in [0.15, 0.2) is 41.8 Å². The number of nitrogens with two attached hydrogens (primary N) is 1. The zero-order chi connectivity index (χ0) is 17.7. The Morgan fingerprint density at radius 1 is 1.29 bits per heavy atom. The summed E-state index contributed by atoms with van der Waals surface area (Å²) < 4.78 is 37.4. The Balaban J connectivity index is 2.11. The van der Waals surface area contributed by atoms with Crippen LogP contribution in [0.4, 0.5) is 16.2 Å². The predicted molar refractivity (Wildman–Crippen MR) is 92.0 cm³/mol. The average molecular weight is 350 g/mol. The fraction of sp³-hybridized carbons (Fsp3) is 0.250. The van der Waals surface area contributed by atoms with Gasteiger partial charge in [0.25, 0.3) is 0 Å². The number of nitrogens with one attached hydrogen (secondary N) is 1. The molecule has 8 heteroatoms. The molecule has 0 bridgehead atoms. The monoisotopic (exact) mass is 350 g/mol. The third-order valence-electron chi connectivity index (χ3n) is 3.42. The summed E-state index contributed by atoms with van der Waals surface area (Å²) in [6, 6.07) is 4.75. The lowest BCUT2D eigenvalue weighted by molar-refractivity contribution is 0.595. The summed E-state index contributed by atoms with van der Waals surface area (Å²) in [6.45, 7) is 5.63. The maximum absolute atomic E-state index is 12.9. The minimum absolute atomic E-state index is 0.0791. The van der Waals surface area contributed by atoms with Gasteiger partial charge in [-0.25, -0.2) is 17.8 Å². The van der Waals surface area contributed by atoms with E-state index in [1.165, 1.54) is 12.1 Å². The van der Waals surface area contributed by atoms with E-state index >= 15 is 0 Å². The van der Waals surface area contributed by atoms with E-state index in [1.807, 2.05) is 0 Å². The molecular weight excluding hydrogens is 331 g/mol. The molecular formula is C16H19FN4O2S. The number of aromatic nitrogens is 2. The Hall–Kier alpha value is -2.48. The molecule has 0 unspecified atom stereocenters. The van der Waals surface area contributed by atoms with E-state index < -0.39 is 15.7 Å². The molecule has 2 rings (SSSR count). The Bertz CT molecular complexity index is 836. The van der Waals surface area contributed by atoms with Crippen molar-refractivity contribution < 1.29 is 12.8 Å². The zero-order valence-electron chi connectivity index (χ0n) is 13.3. The molecule has 6 nitrogen and oxygen atoms in total. The van der Waals surface area contributed by atoms with Crippen molar-refractivity contribution in [3.63, 3.8) is 0 Å². The molecule has 0 radical (unpaired) electrons. The van der Waals surface area contributed by atoms with E-state index in [9.17, 15) is 12.8 Å². The summed E-state index contributed by atoms with van der Waals surface area (Å²) in [4.78, 5) is 8.29. The van der Waals surface area contributed by atoms with Crippen molar-refractivity contribution in [2.24, 2.45) is 0 Å². The van der Waals surface area contributed by atoms with Gasteiger partial charge in [-0.15, -0.1) is 6.58 Å². The van der Waals surface area contributed by atoms with E-state index in [4.69, 9.17) is 5.73 Å². The van der Waals surface area contributed by atoms with Gasteiger partial charge in [-0.2, -0.15) is 4.98 Å². The third-order valence-corrected chi connectivity index (χ3v) is 5.15. The molecule has 1 aromatic heterocycles. The van der Waals surface area contributed by atoms with Crippen LogP contribution < -0.4 is 11.1 Å². The standard InChI is InChI=1S/C16H19FN4O2S/c1-3-4-14-11(2)20-16(18)21-15(14)19-9-10-24(22,23)13-7-5-12(17)6-8-13/h3,5-8H,1,4,9-10H2,2H3,(H3,18,19,20,21). The van der Waals surface area contributed by atoms with Crippen molar-refractivity contribution in [3.05, 3.63) is 54.0 Å². The summed E-state index contributed by atoms with van der Waals surface area (Å²) in [5, 5.41) is 2.98. The van der Waals surface area contributed by atoms with Gasteiger partial charge in [-0.3, -0.25) is 0 Å². The average Bonchev–Trinajstić information content (AvgIpc) is 2.51. The molecule has 0 saturated heterocycles. The SMILES string of the molecule is C=CCc1c(C)nc(N)nc1NCCS(=O)(=O)c1ccc(F)cc1. The number of rotatable bonds is 7. The first-order valence-electron chi connectivity index (χ1n) is 7.29. The van der Waals surface area contributed by atoms with E-state index in [1.54, 1.807) is 13.0 Å². The van der Waals surface area contributed by atoms with Gasteiger partial charge in [0.2, 0.25) is 5.95 Å². The quantitative estimate of drug-likeness (QED) is 0.586. The van der Waals surface area contributed by atoms with Crippen LogP contribution in [0.5, 0.6) is 0 Å².